The van der Waals surface area contributed by atoms with Crippen molar-refractivity contribution in [1.29, 1.82) is 0 Å². The van der Waals surface area contributed by atoms with E-state index in [0.29, 0.717) is 5.75 Å². The van der Waals surface area contributed by atoms with E-state index < -0.39 is 0 Å². The van der Waals surface area contributed by atoms with Crippen molar-refractivity contribution in [1.82, 2.24) is 0 Å². The molecule has 2 aromatic carbocycles. The first-order chi connectivity index (χ1) is 20.8. The summed E-state index contributed by atoms with van der Waals surface area (Å²) in [6.45, 7) is 12.4. The molecule has 3 aromatic rings. The molecule has 1 aromatic heterocycles. The quantitative estimate of drug-likeness (QED) is 0.105. The van der Waals surface area contributed by atoms with Crippen LogP contribution in [0, 0.1) is 6.92 Å². The molecular weight excluding hydrogens is 632 g/mol. The summed E-state index contributed by atoms with van der Waals surface area (Å²) in [4.78, 5) is 12.6. The zero-order valence-corrected chi connectivity index (χ0v) is 30.2. The van der Waals surface area contributed by atoms with Crippen LogP contribution in [0.15, 0.2) is 53.4 Å². The van der Waals surface area contributed by atoms with Crippen LogP contribution < -0.4 is 36.3 Å². The number of ether oxygens (including phenoxy) is 2. The average Bonchev–Trinajstić information content (AvgIpc) is 3.39. The number of carbonyl (C=O) groups excluding carboxylic acids is 1. The smallest absolute Gasteiger partial charge is 0.262 e. The van der Waals surface area contributed by atoms with Gasteiger partial charge < -0.3 is 31.8 Å². The number of amides is 1. The Morgan fingerprint density at radius 1 is 0.841 bits per heavy atom. The first kappa shape index (κ1) is 37.8. The first-order valence-electron chi connectivity index (χ1n) is 16.5. The van der Waals surface area contributed by atoms with E-state index in [2.05, 4.69) is 55.4 Å². The van der Waals surface area contributed by atoms with Gasteiger partial charge in [-0.15, -0.1) is 0 Å². The van der Waals surface area contributed by atoms with Crippen molar-refractivity contribution in [3.63, 3.8) is 0 Å². The molecule has 0 radical (unpaired) electrons. The topological polar surface area (TPSA) is 51.4 Å². The van der Waals surface area contributed by atoms with E-state index in [0.717, 1.165) is 36.6 Å². The van der Waals surface area contributed by atoms with E-state index in [9.17, 15) is 4.79 Å². The third-order valence-electron chi connectivity index (χ3n) is 7.85. The number of benzene rings is 2. The maximum atomic E-state index is 12.6. The van der Waals surface area contributed by atoms with Crippen molar-refractivity contribution in [3.8, 4) is 11.5 Å². The van der Waals surface area contributed by atoms with E-state index in [1.165, 1.54) is 81.9 Å². The van der Waals surface area contributed by atoms with Crippen molar-refractivity contribution < 1.29 is 35.8 Å². The Kier molecular flexibility index (Phi) is 17.7. The maximum absolute atomic E-state index is 12.6. The molecule has 3 rings (SSSR count). The second kappa shape index (κ2) is 20.6. The third-order valence-corrected chi connectivity index (χ3v) is 8.71. The number of aromatic nitrogens is 1. The largest absolute Gasteiger partial charge is 1.00 e. The minimum absolute atomic E-state index is 0. The number of aryl methyl sites for hydroxylation is 1. The summed E-state index contributed by atoms with van der Waals surface area (Å²) in [5.41, 5.74) is 6.31. The fraction of sp³-hybridized carbons (Fsp3) is 0.568. The van der Waals surface area contributed by atoms with E-state index in [1.54, 1.807) is 11.3 Å². The molecule has 0 aliphatic heterocycles. The lowest BCUT2D eigenvalue weighted by Gasteiger charge is -2.24. The second-order valence-electron chi connectivity index (χ2n) is 12.8. The highest BCUT2D eigenvalue weighted by atomic mass is 79.9. The van der Waals surface area contributed by atoms with Gasteiger partial charge in [0.2, 0.25) is 5.51 Å². The molecule has 1 heterocycles. The highest BCUT2D eigenvalue weighted by Gasteiger charge is 2.20. The lowest BCUT2D eigenvalue weighted by molar-refractivity contribution is -0.689. The van der Waals surface area contributed by atoms with Crippen LogP contribution in [0.5, 0.6) is 11.5 Å². The second-order valence-corrected chi connectivity index (χ2v) is 13.5. The number of nitrogens with zero attached hydrogens (tertiary/aromatic N) is 1. The zero-order valence-electron chi connectivity index (χ0n) is 27.8. The van der Waals surface area contributed by atoms with Crippen LogP contribution in [-0.4, -0.2) is 19.1 Å². The van der Waals surface area contributed by atoms with Gasteiger partial charge in [-0.3, -0.25) is 4.79 Å². The standard InChI is InChI=1S/C37H54N2O3S.BrH/c1-6-7-8-9-10-11-12-13-14-15-16-17-24-41-35-23-22-33(25-34(35)37(3,4)5)42-27-36(40)38-32-20-18-31(19-21-32)26-39-29-43-28-30(39)2;/h18-23,25,28-29H,6-17,24,26-27H2,1-5H3;1H. The number of thiazole rings is 1. The number of nitrogens with one attached hydrogen (secondary N) is 1. The molecule has 0 fully saturated rings. The number of hydrogen-bond donors (Lipinski definition) is 1. The third kappa shape index (κ3) is 14.2. The maximum Gasteiger partial charge on any atom is 0.262 e. The fourth-order valence-corrected chi connectivity index (χ4v) is 5.97. The molecular formula is C37H55BrN2O3S. The van der Waals surface area contributed by atoms with Crippen LogP contribution in [0.4, 0.5) is 5.69 Å². The first-order valence-corrected chi connectivity index (χ1v) is 17.4. The SMILES string of the molecule is CCCCCCCCCCCCCCOc1ccc(OCC(=O)Nc2ccc(C[n+]3cscc3C)cc2)cc1C(C)(C)C.[Br-]. The van der Waals surface area contributed by atoms with Crippen molar-refractivity contribution >= 4 is 22.9 Å². The van der Waals surface area contributed by atoms with Gasteiger partial charge in [-0.25, -0.2) is 0 Å². The molecule has 0 spiro atoms. The van der Waals surface area contributed by atoms with Crippen LogP contribution >= 0.6 is 11.3 Å². The van der Waals surface area contributed by atoms with Gasteiger partial charge in [-0.05, 0) is 42.2 Å². The van der Waals surface area contributed by atoms with Gasteiger partial charge >= 0.3 is 0 Å². The molecule has 244 valence electrons. The number of rotatable bonds is 20. The molecule has 0 aliphatic rings. The van der Waals surface area contributed by atoms with Crippen LogP contribution in [-0.2, 0) is 16.8 Å². The molecule has 1 N–H and O–H groups in total. The Labute approximate surface area is 281 Å². The summed E-state index contributed by atoms with van der Waals surface area (Å²) in [5.74, 6) is 1.40. The van der Waals surface area contributed by atoms with E-state index >= 15 is 0 Å². The average molecular weight is 688 g/mol. The minimum atomic E-state index is -0.180. The van der Waals surface area contributed by atoms with Crippen molar-refractivity contribution in [2.75, 3.05) is 18.5 Å². The highest BCUT2D eigenvalue weighted by Crippen LogP contribution is 2.34. The minimum Gasteiger partial charge on any atom is -1.00 e. The summed E-state index contributed by atoms with van der Waals surface area (Å²) in [5, 5.41) is 5.08. The van der Waals surface area contributed by atoms with Gasteiger partial charge in [0.1, 0.15) is 11.5 Å². The normalized spacial score (nSPS) is 11.2. The fourth-order valence-electron chi connectivity index (χ4n) is 5.19. The monoisotopic (exact) mass is 686 g/mol. The molecule has 5 nitrogen and oxygen atoms in total. The van der Waals surface area contributed by atoms with Crippen LogP contribution in [0.3, 0.4) is 0 Å². The Morgan fingerprint density at radius 2 is 1.45 bits per heavy atom. The summed E-state index contributed by atoms with van der Waals surface area (Å²) in [6.07, 6.45) is 16.0. The summed E-state index contributed by atoms with van der Waals surface area (Å²) in [6, 6.07) is 13.9. The van der Waals surface area contributed by atoms with E-state index in [1.807, 2.05) is 42.5 Å². The highest BCUT2D eigenvalue weighted by molar-refractivity contribution is 7.07. The van der Waals surface area contributed by atoms with Gasteiger partial charge in [0.25, 0.3) is 5.91 Å². The molecule has 0 unspecified atom stereocenters. The van der Waals surface area contributed by atoms with Crippen molar-refractivity contribution in [2.24, 2.45) is 0 Å². The van der Waals surface area contributed by atoms with Gasteiger partial charge in [0, 0.05) is 23.7 Å². The summed E-state index contributed by atoms with van der Waals surface area (Å²) in [7, 11) is 0. The van der Waals surface area contributed by atoms with Crippen LogP contribution in [0.2, 0.25) is 0 Å². The molecule has 0 saturated carbocycles. The molecule has 7 heteroatoms. The zero-order chi connectivity index (χ0) is 30.9. The summed E-state index contributed by atoms with van der Waals surface area (Å²) >= 11 is 1.70. The van der Waals surface area contributed by atoms with Gasteiger partial charge in [0.15, 0.2) is 18.8 Å². The molecule has 44 heavy (non-hydrogen) atoms. The van der Waals surface area contributed by atoms with Crippen molar-refractivity contribution in [2.45, 2.75) is 124 Å². The Bertz CT molecular complexity index is 1220. The van der Waals surface area contributed by atoms with Crippen LogP contribution in [0.25, 0.3) is 0 Å². The predicted octanol–water partition coefficient (Wildman–Crippen LogP) is 6.79. The predicted molar refractivity (Wildman–Crippen MR) is 181 cm³/mol. The molecule has 0 atom stereocenters. The van der Waals surface area contributed by atoms with Gasteiger partial charge in [-0.2, -0.15) is 4.57 Å². The van der Waals surface area contributed by atoms with Gasteiger partial charge in [0.05, 0.1) is 12.0 Å². The Morgan fingerprint density at radius 3 is 2.02 bits per heavy atom. The van der Waals surface area contributed by atoms with E-state index in [4.69, 9.17) is 9.47 Å². The Balaban J connectivity index is 0.00000675. The molecule has 0 aliphatic carbocycles. The number of carbonyl (C=O) groups is 1. The van der Waals surface area contributed by atoms with Gasteiger partial charge in [-0.1, -0.05) is 122 Å². The number of unbranched alkanes of at least 4 members (excludes halogenated alkanes) is 11. The Hall–Kier alpha value is -2.38. The lowest BCUT2D eigenvalue weighted by atomic mass is 9.86. The van der Waals surface area contributed by atoms with Crippen LogP contribution in [0.1, 0.15) is 122 Å². The lowest BCUT2D eigenvalue weighted by Crippen LogP contribution is -3.00. The van der Waals surface area contributed by atoms with E-state index in [-0.39, 0.29) is 34.9 Å². The molecule has 0 saturated heterocycles. The number of hydrogen-bond acceptors (Lipinski definition) is 4. The van der Waals surface area contributed by atoms with Crippen molar-refractivity contribution in [3.05, 3.63) is 70.2 Å². The summed E-state index contributed by atoms with van der Waals surface area (Å²) < 4.78 is 14.3. The molecule has 1 amide bonds. The number of halogens is 1. The number of anilines is 1. The molecule has 0 bridgehead atoms.